The van der Waals surface area contributed by atoms with Gasteiger partial charge < -0.3 is 0 Å². The molecular weight excluding hydrogens is 102 g/mol. The molecule has 0 aromatic carbocycles. The van der Waals surface area contributed by atoms with Crippen LogP contribution in [0.25, 0.3) is 6.20 Å². The monoisotopic (exact) mass is 105 g/mol. The van der Waals surface area contributed by atoms with Gasteiger partial charge in [-0.15, -0.1) is 0 Å². The minimum Gasteiger partial charge on any atom is -0.280 e. The molecule has 1 aliphatic heterocycles. The third-order valence-corrected chi connectivity index (χ3v) is 1.01. The van der Waals surface area contributed by atoms with E-state index < -0.39 is 0 Å². The molecule has 0 aliphatic carbocycles. The molecule has 0 saturated heterocycles. The van der Waals surface area contributed by atoms with Crippen molar-refractivity contribution in [3.05, 3.63) is 18.7 Å². The molecule has 2 rings (SSSR count). The average molecular weight is 105 g/mol. The lowest BCUT2D eigenvalue weighted by Crippen LogP contribution is -1.80. The first-order valence-electron chi connectivity index (χ1n) is 2.29. The van der Waals surface area contributed by atoms with Crippen LogP contribution in [0.5, 0.6) is 0 Å². The van der Waals surface area contributed by atoms with E-state index in [-0.39, 0.29) is 0 Å². The highest BCUT2D eigenvalue weighted by Crippen LogP contribution is 2.10. The van der Waals surface area contributed by atoms with Crippen molar-refractivity contribution in [2.75, 3.05) is 0 Å². The van der Waals surface area contributed by atoms with Gasteiger partial charge in [-0.2, -0.15) is 0 Å². The summed E-state index contributed by atoms with van der Waals surface area (Å²) in [5.74, 6) is 0.852. The fourth-order valence-electron chi connectivity index (χ4n) is 0.644. The highest BCUT2D eigenvalue weighted by atomic mass is 15.2. The molecule has 8 heavy (non-hydrogen) atoms. The zero-order valence-corrected chi connectivity index (χ0v) is 4.07. The van der Waals surface area contributed by atoms with Crippen molar-refractivity contribution in [1.82, 2.24) is 14.9 Å². The van der Waals surface area contributed by atoms with Crippen LogP contribution in [-0.4, -0.2) is 9.55 Å². The van der Waals surface area contributed by atoms with E-state index in [9.17, 15) is 0 Å². The fourth-order valence-corrected chi connectivity index (χ4v) is 0.644. The van der Waals surface area contributed by atoms with E-state index in [0.29, 0.717) is 0 Å². The summed E-state index contributed by atoms with van der Waals surface area (Å²) in [6.07, 6.45) is 7.89. The molecular formula is C5H3N3. The SMILES string of the molecule is [c]1ncc2n1C=C[N]2. The molecule has 1 aromatic rings. The summed E-state index contributed by atoms with van der Waals surface area (Å²) in [7, 11) is 0. The van der Waals surface area contributed by atoms with Crippen molar-refractivity contribution in [2.45, 2.75) is 0 Å². The van der Waals surface area contributed by atoms with Crippen LogP contribution in [-0.2, 0) is 0 Å². The Balaban J connectivity index is 2.67. The molecule has 0 spiro atoms. The van der Waals surface area contributed by atoms with Gasteiger partial charge in [-0.1, -0.05) is 0 Å². The van der Waals surface area contributed by atoms with Gasteiger partial charge in [-0.3, -0.25) is 4.57 Å². The lowest BCUT2D eigenvalue weighted by atomic mass is 10.8. The van der Waals surface area contributed by atoms with Crippen molar-refractivity contribution >= 4 is 12.0 Å². The summed E-state index contributed by atoms with van der Waals surface area (Å²) in [5, 5.41) is 3.95. The minimum atomic E-state index is 0.852. The molecule has 0 saturated carbocycles. The second-order valence-electron chi connectivity index (χ2n) is 1.51. The third-order valence-electron chi connectivity index (χ3n) is 1.01. The van der Waals surface area contributed by atoms with Crippen molar-refractivity contribution in [3.8, 4) is 0 Å². The fraction of sp³-hybridized carbons (Fsp3) is 0. The summed E-state index contributed by atoms with van der Waals surface area (Å²) in [6, 6.07) is 0. The standard InChI is InChI=1S/C5H3N3/c1-2-8-4-6-3-5(8)7-1/h1-3H. The molecule has 2 radical (unpaired) electrons. The van der Waals surface area contributed by atoms with Gasteiger partial charge in [0.25, 0.3) is 0 Å². The van der Waals surface area contributed by atoms with Gasteiger partial charge >= 0.3 is 0 Å². The molecule has 3 nitrogen and oxygen atoms in total. The molecule has 0 atom stereocenters. The maximum atomic E-state index is 3.95. The number of fused-ring (bicyclic) bond motifs is 1. The molecule has 1 aliphatic rings. The summed E-state index contributed by atoms with van der Waals surface area (Å²) >= 11 is 0. The van der Waals surface area contributed by atoms with Crippen LogP contribution in [0, 0.1) is 6.33 Å². The Morgan fingerprint density at radius 2 is 2.62 bits per heavy atom. The van der Waals surface area contributed by atoms with E-state index in [0.717, 1.165) is 5.82 Å². The second-order valence-corrected chi connectivity index (χ2v) is 1.51. The van der Waals surface area contributed by atoms with Crippen LogP contribution < -0.4 is 5.32 Å². The molecule has 1 aromatic heterocycles. The summed E-state index contributed by atoms with van der Waals surface area (Å²) < 4.78 is 1.74. The Kier molecular flexibility index (Phi) is 0.521. The Bertz CT molecular complexity index is 223. The van der Waals surface area contributed by atoms with Gasteiger partial charge in [0.05, 0.1) is 6.20 Å². The third kappa shape index (κ3) is 0.307. The number of aromatic nitrogens is 2. The van der Waals surface area contributed by atoms with E-state index >= 15 is 0 Å². The van der Waals surface area contributed by atoms with Crippen LogP contribution >= 0.6 is 0 Å². The molecule has 0 bridgehead atoms. The van der Waals surface area contributed by atoms with Gasteiger partial charge in [0, 0.05) is 12.4 Å². The van der Waals surface area contributed by atoms with Gasteiger partial charge in [-0.05, 0) is 0 Å². The number of hydrogen-bond acceptors (Lipinski definition) is 1. The highest BCUT2D eigenvalue weighted by Gasteiger charge is 2.02. The maximum absolute atomic E-state index is 3.95. The molecule has 3 heteroatoms. The molecule has 0 fully saturated rings. The first kappa shape index (κ1) is 3.72. The zero-order valence-electron chi connectivity index (χ0n) is 4.07. The van der Waals surface area contributed by atoms with Crippen LogP contribution in [0.2, 0.25) is 0 Å². The largest absolute Gasteiger partial charge is 0.280 e. The Labute approximate surface area is 46.7 Å². The number of hydrogen-bond donors (Lipinski definition) is 0. The van der Waals surface area contributed by atoms with E-state index in [1.807, 2.05) is 6.20 Å². The molecule has 0 N–H and O–H groups in total. The topological polar surface area (TPSA) is 31.9 Å². The normalized spacial score (nSPS) is 13.5. The zero-order chi connectivity index (χ0) is 5.40. The smallest absolute Gasteiger partial charge is 0.182 e. The Morgan fingerprint density at radius 3 is 3.50 bits per heavy atom. The number of nitrogens with zero attached hydrogens (tertiary/aromatic N) is 3. The summed E-state index contributed by atoms with van der Waals surface area (Å²) in [5.41, 5.74) is 0. The lowest BCUT2D eigenvalue weighted by Gasteiger charge is -1.83. The van der Waals surface area contributed by atoms with E-state index in [1.54, 1.807) is 17.0 Å². The predicted molar refractivity (Wildman–Crippen MR) is 28.2 cm³/mol. The van der Waals surface area contributed by atoms with E-state index in [1.165, 1.54) is 0 Å². The van der Waals surface area contributed by atoms with Crippen LogP contribution in [0.1, 0.15) is 0 Å². The Morgan fingerprint density at radius 1 is 1.62 bits per heavy atom. The minimum absolute atomic E-state index is 0.852. The quantitative estimate of drug-likeness (QED) is 0.468. The lowest BCUT2D eigenvalue weighted by molar-refractivity contribution is 1.09. The Hall–Kier alpha value is -1.25. The van der Waals surface area contributed by atoms with Crippen molar-refractivity contribution in [3.63, 3.8) is 0 Å². The van der Waals surface area contributed by atoms with Crippen molar-refractivity contribution in [2.24, 2.45) is 0 Å². The number of imidazole rings is 1. The summed E-state index contributed by atoms with van der Waals surface area (Å²) in [6.45, 7) is 0. The summed E-state index contributed by atoms with van der Waals surface area (Å²) in [4.78, 5) is 3.74. The highest BCUT2D eigenvalue weighted by molar-refractivity contribution is 5.43. The van der Waals surface area contributed by atoms with Gasteiger partial charge in [-0.25, -0.2) is 10.3 Å². The molecule has 0 unspecified atom stereocenters. The molecule has 38 valence electrons. The first-order valence-corrected chi connectivity index (χ1v) is 2.29. The predicted octanol–water partition coefficient (Wildman–Crippen LogP) is 0.361. The van der Waals surface area contributed by atoms with E-state index in [2.05, 4.69) is 16.6 Å². The average Bonchev–Trinajstić information content (AvgIpc) is 2.15. The molecule has 2 heterocycles. The maximum Gasteiger partial charge on any atom is 0.182 e. The number of rotatable bonds is 0. The van der Waals surface area contributed by atoms with Gasteiger partial charge in [0.2, 0.25) is 0 Å². The van der Waals surface area contributed by atoms with Gasteiger partial charge in [0.15, 0.2) is 12.1 Å². The molecule has 0 amide bonds. The first-order chi connectivity index (χ1) is 3.97. The van der Waals surface area contributed by atoms with Crippen molar-refractivity contribution in [1.29, 1.82) is 0 Å². The van der Waals surface area contributed by atoms with Crippen LogP contribution in [0.15, 0.2) is 12.4 Å². The van der Waals surface area contributed by atoms with Crippen molar-refractivity contribution < 1.29 is 0 Å². The second kappa shape index (κ2) is 1.12. The van der Waals surface area contributed by atoms with Gasteiger partial charge in [0.1, 0.15) is 0 Å². The van der Waals surface area contributed by atoms with Crippen LogP contribution in [0.4, 0.5) is 5.82 Å². The van der Waals surface area contributed by atoms with Crippen LogP contribution in [0.3, 0.4) is 0 Å². The van der Waals surface area contributed by atoms with E-state index in [4.69, 9.17) is 0 Å².